The third-order valence-corrected chi connectivity index (χ3v) is 3.55. The van der Waals surface area contributed by atoms with E-state index in [0.29, 0.717) is 11.7 Å². The first kappa shape index (κ1) is 16.6. The SMILES string of the molecule is CCC(C)N(C)CCNc1cccc(OC(C)C)c1N. The van der Waals surface area contributed by atoms with Gasteiger partial charge in [0.2, 0.25) is 0 Å². The minimum atomic E-state index is 0.129. The Hall–Kier alpha value is -1.42. The molecule has 0 saturated carbocycles. The summed E-state index contributed by atoms with van der Waals surface area (Å²) in [4.78, 5) is 2.34. The van der Waals surface area contributed by atoms with E-state index in [1.54, 1.807) is 0 Å². The fraction of sp³-hybridized carbons (Fsp3) is 0.625. The van der Waals surface area contributed by atoms with Gasteiger partial charge in [0.05, 0.1) is 17.5 Å². The minimum absolute atomic E-state index is 0.129. The van der Waals surface area contributed by atoms with E-state index in [-0.39, 0.29) is 6.10 Å². The minimum Gasteiger partial charge on any atom is -0.489 e. The molecule has 1 aromatic carbocycles. The van der Waals surface area contributed by atoms with Gasteiger partial charge >= 0.3 is 0 Å². The predicted octanol–water partition coefficient (Wildman–Crippen LogP) is 3.20. The Morgan fingerprint density at radius 3 is 2.60 bits per heavy atom. The Balaban J connectivity index is 2.56. The second-order valence-corrected chi connectivity index (χ2v) is 5.55. The van der Waals surface area contributed by atoms with Gasteiger partial charge in [-0.1, -0.05) is 13.0 Å². The van der Waals surface area contributed by atoms with Gasteiger partial charge in [-0.15, -0.1) is 0 Å². The molecule has 0 spiro atoms. The largest absolute Gasteiger partial charge is 0.489 e. The van der Waals surface area contributed by atoms with Gasteiger partial charge in [-0.25, -0.2) is 0 Å². The van der Waals surface area contributed by atoms with Crippen LogP contribution in [-0.4, -0.2) is 37.2 Å². The van der Waals surface area contributed by atoms with Crippen LogP contribution >= 0.6 is 0 Å². The Kier molecular flexibility index (Phi) is 6.65. The number of nitrogen functional groups attached to an aromatic ring is 1. The lowest BCUT2D eigenvalue weighted by Crippen LogP contribution is -2.32. The van der Waals surface area contributed by atoms with Crippen molar-refractivity contribution in [3.05, 3.63) is 18.2 Å². The lowest BCUT2D eigenvalue weighted by Gasteiger charge is -2.24. The first-order valence-electron chi connectivity index (χ1n) is 7.45. The Labute approximate surface area is 123 Å². The summed E-state index contributed by atoms with van der Waals surface area (Å²) >= 11 is 0. The van der Waals surface area contributed by atoms with Crippen molar-refractivity contribution in [3.63, 3.8) is 0 Å². The number of benzene rings is 1. The maximum absolute atomic E-state index is 6.13. The van der Waals surface area contributed by atoms with Gasteiger partial charge in [0.25, 0.3) is 0 Å². The number of rotatable bonds is 8. The molecule has 0 aromatic heterocycles. The van der Waals surface area contributed by atoms with E-state index < -0.39 is 0 Å². The highest BCUT2D eigenvalue weighted by Gasteiger charge is 2.09. The van der Waals surface area contributed by atoms with Crippen molar-refractivity contribution in [2.45, 2.75) is 46.3 Å². The molecule has 20 heavy (non-hydrogen) atoms. The quantitative estimate of drug-likeness (QED) is 0.718. The molecule has 1 aromatic rings. The average Bonchev–Trinajstić information content (AvgIpc) is 2.41. The molecule has 0 aliphatic heterocycles. The molecule has 3 N–H and O–H groups in total. The molecule has 0 bridgehead atoms. The smallest absolute Gasteiger partial charge is 0.144 e. The number of hydrogen-bond acceptors (Lipinski definition) is 4. The molecular formula is C16H29N3O. The number of hydrogen-bond donors (Lipinski definition) is 2. The molecule has 0 saturated heterocycles. The van der Waals surface area contributed by atoms with Gasteiger partial charge in [0, 0.05) is 19.1 Å². The summed E-state index contributed by atoms with van der Waals surface area (Å²) in [5.74, 6) is 0.750. The average molecular weight is 279 g/mol. The second-order valence-electron chi connectivity index (χ2n) is 5.55. The maximum atomic E-state index is 6.13. The van der Waals surface area contributed by atoms with Crippen LogP contribution in [0.15, 0.2) is 18.2 Å². The summed E-state index contributed by atoms with van der Waals surface area (Å²) in [5.41, 5.74) is 7.77. The lowest BCUT2D eigenvalue weighted by molar-refractivity contribution is 0.244. The molecule has 0 radical (unpaired) electrons. The highest BCUT2D eigenvalue weighted by Crippen LogP contribution is 2.29. The van der Waals surface area contributed by atoms with Gasteiger partial charge in [-0.2, -0.15) is 0 Å². The van der Waals surface area contributed by atoms with E-state index in [0.717, 1.165) is 30.9 Å². The molecule has 0 heterocycles. The Morgan fingerprint density at radius 1 is 1.30 bits per heavy atom. The topological polar surface area (TPSA) is 50.5 Å². The number of nitrogens with one attached hydrogen (secondary N) is 1. The second kappa shape index (κ2) is 8.00. The van der Waals surface area contributed by atoms with Gasteiger partial charge in [-0.3, -0.25) is 0 Å². The zero-order valence-corrected chi connectivity index (χ0v) is 13.4. The number of ether oxygens (including phenoxy) is 1. The molecule has 1 atom stereocenters. The first-order chi connectivity index (χ1) is 9.45. The molecule has 4 heteroatoms. The monoisotopic (exact) mass is 279 g/mol. The summed E-state index contributed by atoms with van der Waals surface area (Å²) in [6, 6.07) is 6.47. The number of nitrogens with zero attached hydrogens (tertiary/aromatic N) is 1. The molecule has 114 valence electrons. The van der Waals surface area contributed by atoms with Crippen LogP contribution in [0, 0.1) is 0 Å². The van der Waals surface area contributed by atoms with E-state index >= 15 is 0 Å². The van der Waals surface area contributed by atoms with E-state index in [9.17, 15) is 0 Å². The number of anilines is 2. The first-order valence-corrected chi connectivity index (χ1v) is 7.45. The lowest BCUT2D eigenvalue weighted by atomic mass is 10.2. The van der Waals surface area contributed by atoms with Crippen molar-refractivity contribution in [3.8, 4) is 5.75 Å². The van der Waals surface area contributed by atoms with Gasteiger partial charge in [0.1, 0.15) is 5.75 Å². The van der Waals surface area contributed by atoms with E-state index in [1.165, 1.54) is 0 Å². The van der Waals surface area contributed by atoms with Gasteiger partial charge < -0.3 is 20.7 Å². The molecule has 0 aliphatic carbocycles. The number of nitrogens with two attached hydrogens (primary N) is 1. The summed E-state index contributed by atoms with van der Waals surface area (Å²) in [6.07, 6.45) is 1.29. The fourth-order valence-corrected chi connectivity index (χ4v) is 1.95. The predicted molar refractivity (Wildman–Crippen MR) is 87.5 cm³/mol. The molecule has 0 amide bonds. The van der Waals surface area contributed by atoms with Crippen LogP contribution in [0.3, 0.4) is 0 Å². The molecule has 1 rings (SSSR count). The van der Waals surface area contributed by atoms with Crippen molar-refractivity contribution in [1.29, 1.82) is 0 Å². The van der Waals surface area contributed by atoms with E-state index in [4.69, 9.17) is 10.5 Å². The normalized spacial score (nSPS) is 12.8. The molecule has 0 fully saturated rings. The van der Waals surface area contributed by atoms with Crippen molar-refractivity contribution in [2.75, 3.05) is 31.2 Å². The zero-order chi connectivity index (χ0) is 15.1. The number of para-hydroxylation sites is 1. The number of likely N-dealkylation sites (N-methyl/N-ethyl adjacent to an activating group) is 1. The van der Waals surface area contributed by atoms with Crippen LogP contribution in [0.5, 0.6) is 5.75 Å². The molecule has 0 aliphatic rings. The van der Waals surface area contributed by atoms with Crippen LogP contribution in [0.25, 0.3) is 0 Å². The van der Waals surface area contributed by atoms with Gasteiger partial charge in [-0.05, 0) is 46.4 Å². The van der Waals surface area contributed by atoms with Crippen LogP contribution < -0.4 is 15.8 Å². The van der Waals surface area contributed by atoms with E-state index in [1.807, 2.05) is 32.0 Å². The van der Waals surface area contributed by atoms with Crippen LogP contribution in [0.1, 0.15) is 34.1 Å². The summed E-state index contributed by atoms with van der Waals surface area (Å²) in [7, 11) is 2.15. The van der Waals surface area contributed by atoms with Gasteiger partial charge in [0.15, 0.2) is 0 Å². The van der Waals surface area contributed by atoms with Crippen molar-refractivity contribution in [1.82, 2.24) is 4.90 Å². The molecule has 1 unspecified atom stereocenters. The standard InChI is InChI=1S/C16H29N3O/c1-6-13(4)19(5)11-10-18-14-8-7-9-15(16(14)17)20-12(2)3/h7-9,12-13,18H,6,10-11,17H2,1-5H3. The van der Waals surface area contributed by atoms with E-state index in [2.05, 4.69) is 31.1 Å². The Morgan fingerprint density at radius 2 is 2.00 bits per heavy atom. The van der Waals surface area contributed by atoms with Crippen molar-refractivity contribution >= 4 is 11.4 Å². The summed E-state index contributed by atoms with van der Waals surface area (Å²) in [5, 5.41) is 3.39. The zero-order valence-electron chi connectivity index (χ0n) is 13.4. The summed E-state index contributed by atoms with van der Waals surface area (Å²) in [6.45, 7) is 10.3. The van der Waals surface area contributed by atoms with Crippen molar-refractivity contribution < 1.29 is 4.74 Å². The summed E-state index contributed by atoms with van der Waals surface area (Å²) < 4.78 is 5.69. The highest BCUT2D eigenvalue weighted by molar-refractivity contribution is 5.72. The third-order valence-electron chi connectivity index (χ3n) is 3.55. The Bertz CT molecular complexity index is 407. The molecule has 4 nitrogen and oxygen atoms in total. The highest BCUT2D eigenvalue weighted by atomic mass is 16.5. The molecular weight excluding hydrogens is 250 g/mol. The van der Waals surface area contributed by atoms with Crippen molar-refractivity contribution in [2.24, 2.45) is 0 Å². The third kappa shape index (κ3) is 4.93. The van der Waals surface area contributed by atoms with Crippen LogP contribution in [0.2, 0.25) is 0 Å². The fourth-order valence-electron chi connectivity index (χ4n) is 1.95. The maximum Gasteiger partial charge on any atom is 0.144 e. The van der Waals surface area contributed by atoms with Crippen LogP contribution in [0.4, 0.5) is 11.4 Å². The van der Waals surface area contributed by atoms with Crippen LogP contribution in [-0.2, 0) is 0 Å².